The number of benzene rings is 1. The fraction of sp³-hybridized carbons (Fsp3) is 0.524. The Labute approximate surface area is 147 Å². The molecule has 0 amide bonds. The van der Waals surface area contributed by atoms with E-state index in [1.54, 1.807) is 12.1 Å². The molecule has 0 radical (unpaired) electrons. The molecule has 3 heteroatoms. The van der Waals surface area contributed by atoms with Gasteiger partial charge >= 0.3 is 5.97 Å². The summed E-state index contributed by atoms with van der Waals surface area (Å²) in [5.41, 5.74) is 1.08. The largest absolute Gasteiger partial charge is 0.459 e. The number of ketones is 1. The molecule has 24 heavy (non-hydrogen) atoms. The summed E-state index contributed by atoms with van der Waals surface area (Å²) in [6.45, 7) is 11.6. The van der Waals surface area contributed by atoms with Gasteiger partial charge in [0, 0.05) is 5.56 Å². The van der Waals surface area contributed by atoms with Crippen LogP contribution in [0.5, 0.6) is 0 Å². The first-order valence-corrected chi connectivity index (χ1v) is 8.18. The van der Waals surface area contributed by atoms with Crippen LogP contribution in [0, 0.1) is 12.8 Å². The summed E-state index contributed by atoms with van der Waals surface area (Å²) in [6.07, 6.45) is 4.47. The minimum Gasteiger partial charge on any atom is -0.459 e. The summed E-state index contributed by atoms with van der Waals surface area (Å²) in [6, 6.07) is 7.21. The highest BCUT2D eigenvalue weighted by molar-refractivity contribution is 6.06. The number of rotatable bonds is 9. The Balaban J connectivity index is 0.00000529. The lowest BCUT2D eigenvalue weighted by atomic mass is 9.96. The molecule has 0 aliphatic rings. The SMILES string of the molecule is C.C=CC(C)CCCC(C)(C)OC(=O)CC(=O)c1ccc(C)cc1. The quantitative estimate of drug-likeness (QED) is 0.259. The van der Waals surface area contributed by atoms with Gasteiger partial charge in [-0.2, -0.15) is 0 Å². The maximum atomic E-state index is 12.1. The molecule has 1 unspecified atom stereocenters. The van der Waals surface area contributed by atoms with E-state index in [9.17, 15) is 9.59 Å². The zero-order chi connectivity index (χ0) is 17.5. The molecule has 0 saturated heterocycles. The summed E-state index contributed by atoms with van der Waals surface area (Å²) in [5, 5.41) is 0. The van der Waals surface area contributed by atoms with Crippen LogP contribution in [0.1, 0.15) is 69.8 Å². The van der Waals surface area contributed by atoms with Gasteiger partial charge in [-0.05, 0) is 46.0 Å². The first-order valence-electron chi connectivity index (χ1n) is 8.18. The van der Waals surface area contributed by atoms with E-state index in [4.69, 9.17) is 4.74 Å². The molecule has 1 aromatic carbocycles. The van der Waals surface area contributed by atoms with Gasteiger partial charge in [0.05, 0.1) is 0 Å². The first-order chi connectivity index (χ1) is 10.7. The number of aryl methyl sites for hydroxylation is 1. The predicted octanol–water partition coefficient (Wildman–Crippen LogP) is 5.52. The van der Waals surface area contributed by atoms with Crippen LogP contribution in [0.2, 0.25) is 0 Å². The number of carbonyl (C=O) groups is 2. The van der Waals surface area contributed by atoms with Gasteiger partial charge in [-0.1, -0.05) is 50.3 Å². The fourth-order valence-corrected chi connectivity index (χ4v) is 2.34. The fourth-order valence-electron chi connectivity index (χ4n) is 2.34. The van der Waals surface area contributed by atoms with Crippen LogP contribution in [-0.4, -0.2) is 17.4 Å². The van der Waals surface area contributed by atoms with Crippen molar-refractivity contribution in [2.45, 2.75) is 66.4 Å². The first kappa shape index (κ1) is 22.1. The Bertz CT molecular complexity index is 541. The number of ether oxygens (including phenoxy) is 1. The molecule has 0 fully saturated rings. The van der Waals surface area contributed by atoms with Gasteiger partial charge in [0.1, 0.15) is 12.0 Å². The van der Waals surface area contributed by atoms with E-state index in [1.807, 2.05) is 39.0 Å². The van der Waals surface area contributed by atoms with Crippen molar-refractivity contribution in [3.05, 3.63) is 48.0 Å². The molecule has 1 atom stereocenters. The summed E-state index contributed by atoms with van der Waals surface area (Å²) < 4.78 is 5.48. The van der Waals surface area contributed by atoms with Crippen molar-refractivity contribution in [1.82, 2.24) is 0 Å². The topological polar surface area (TPSA) is 43.4 Å². The number of hydrogen-bond acceptors (Lipinski definition) is 3. The molecule has 1 aromatic rings. The maximum absolute atomic E-state index is 12.1. The number of hydrogen-bond donors (Lipinski definition) is 0. The van der Waals surface area contributed by atoms with Crippen LogP contribution in [-0.2, 0) is 9.53 Å². The Hall–Kier alpha value is -1.90. The standard InChI is InChI=1S/C20H28O3.CH4/c1-6-15(2)8-7-13-20(4,5)23-19(22)14-18(21)17-11-9-16(3)10-12-17;/h6,9-12,15H,1,7-8,13-14H2,2-5H3;1H4. The molecule has 3 nitrogen and oxygen atoms in total. The van der Waals surface area contributed by atoms with Gasteiger partial charge in [0.2, 0.25) is 0 Å². The van der Waals surface area contributed by atoms with Gasteiger partial charge in [-0.3, -0.25) is 9.59 Å². The van der Waals surface area contributed by atoms with E-state index >= 15 is 0 Å². The Morgan fingerprint density at radius 1 is 1.25 bits per heavy atom. The average Bonchev–Trinajstić information content (AvgIpc) is 2.46. The number of carbonyl (C=O) groups excluding carboxylic acids is 2. The highest BCUT2D eigenvalue weighted by atomic mass is 16.6. The van der Waals surface area contributed by atoms with Gasteiger partial charge in [0.25, 0.3) is 0 Å². The molecule has 0 spiro atoms. The lowest BCUT2D eigenvalue weighted by molar-refractivity contribution is -0.155. The monoisotopic (exact) mass is 332 g/mol. The second kappa shape index (κ2) is 10.1. The minimum absolute atomic E-state index is 0. The Kier molecular flexibility index (Phi) is 9.27. The second-order valence-electron chi connectivity index (χ2n) is 6.80. The number of allylic oxidation sites excluding steroid dienone is 1. The van der Waals surface area contributed by atoms with Crippen molar-refractivity contribution in [3.63, 3.8) is 0 Å². The highest BCUT2D eigenvalue weighted by Gasteiger charge is 2.24. The van der Waals surface area contributed by atoms with E-state index in [0.717, 1.165) is 24.8 Å². The number of esters is 1. The van der Waals surface area contributed by atoms with Crippen molar-refractivity contribution < 1.29 is 14.3 Å². The van der Waals surface area contributed by atoms with Crippen LogP contribution in [0.4, 0.5) is 0 Å². The van der Waals surface area contributed by atoms with Crippen molar-refractivity contribution in [3.8, 4) is 0 Å². The van der Waals surface area contributed by atoms with Crippen molar-refractivity contribution in [2.24, 2.45) is 5.92 Å². The molecule has 0 N–H and O–H groups in total. The smallest absolute Gasteiger partial charge is 0.314 e. The van der Waals surface area contributed by atoms with Crippen molar-refractivity contribution in [1.29, 1.82) is 0 Å². The lowest BCUT2D eigenvalue weighted by Gasteiger charge is -2.25. The van der Waals surface area contributed by atoms with Gasteiger partial charge in [-0.25, -0.2) is 0 Å². The second-order valence-corrected chi connectivity index (χ2v) is 6.80. The highest BCUT2D eigenvalue weighted by Crippen LogP contribution is 2.21. The van der Waals surface area contributed by atoms with E-state index in [-0.39, 0.29) is 19.6 Å². The predicted molar refractivity (Wildman–Crippen MR) is 100 cm³/mol. The van der Waals surface area contributed by atoms with E-state index in [0.29, 0.717) is 11.5 Å². The van der Waals surface area contributed by atoms with Gasteiger partial charge < -0.3 is 4.74 Å². The van der Waals surface area contributed by atoms with Crippen LogP contribution < -0.4 is 0 Å². The summed E-state index contributed by atoms with van der Waals surface area (Å²) >= 11 is 0. The maximum Gasteiger partial charge on any atom is 0.314 e. The van der Waals surface area contributed by atoms with E-state index in [2.05, 4.69) is 13.5 Å². The molecule has 134 valence electrons. The van der Waals surface area contributed by atoms with Crippen LogP contribution >= 0.6 is 0 Å². The zero-order valence-corrected chi connectivity index (χ0v) is 14.7. The zero-order valence-electron chi connectivity index (χ0n) is 14.7. The molecule has 0 aromatic heterocycles. The number of Topliss-reactive ketones (excluding diaryl/α,β-unsaturated/α-hetero) is 1. The lowest BCUT2D eigenvalue weighted by Crippen LogP contribution is -2.29. The molecule has 0 aliphatic carbocycles. The van der Waals surface area contributed by atoms with Crippen molar-refractivity contribution >= 4 is 11.8 Å². The van der Waals surface area contributed by atoms with Crippen molar-refractivity contribution in [2.75, 3.05) is 0 Å². The molecule has 0 saturated carbocycles. The third-order valence-electron chi connectivity index (χ3n) is 3.91. The van der Waals surface area contributed by atoms with Crippen LogP contribution in [0.25, 0.3) is 0 Å². The third-order valence-corrected chi connectivity index (χ3v) is 3.91. The Morgan fingerprint density at radius 3 is 2.38 bits per heavy atom. The summed E-state index contributed by atoms with van der Waals surface area (Å²) in [5.74, 6) is -0.201. The molecule has 0 aliphatic heterocycles. The average molecular weight is 332 g/mol. The van der Waals surface area contributed by atoms with E-state index < -0.39 is 11.6 Å². The molecular weight excluding hydrogens is 300 g/mol. The minimum atomic E-state index is -0.550. The summed E-state index contributed by atoms with van der Waals surface area (Å²) in [4.78, 5) is 24.1. The third kappa shape index (κ3) is 8.09. The van der Waals surface area contributed by atoms with Gasteiger partial charge in [0.15, 0.2) is 5.78 Å². The molecule has 0 bridgehead atoms. The normalized spacial score (nSPS) is 12.0. The summed E-state index contributed by atoms with van der Waals surface area (Å²) in [7, 11) is 0. The molecule has 0 heterocycles. The van der Waals surface area contributed by atoms with Crippen LogP contribution in [0.3, 0.4) is 0 Å². The molecule has 1 rings (SSSR count). The van der Waals surface area contributed by atoms with E-state index in [1.165, 1.54) is 0 Å². The Morgan fingerprint density at radius 2 is 1.83 bits per heavy atom. The van der Waals surface area contributed by atoms with Crippen LogP contribution in [0.15, 0.2) is 36.9 Å². The molecular formula is C21H32O3. The van der Waals surface area contributed by atoms with Gasteiger partial charge in [-0.15, -0.1) is 6.58 Å².